The van der Waals surface area contributed by atoms with Gasteiger partial charge in [-0.15, -0.1) is 0 Å². The molecule has 0 aliphatic carbocycles. The van der Waals surface area contributed by atoms with Crippen molar-refractivity contribution in [2.24, 2.45) is 0 Å². The average molecular weight is 415 g/mol. The van der Waals surface area contributed by atoms with Crippen LogP contribution in [0.3, 0.4) is 0 Å². The molecule has 0 bridgehead atoms. The van der Waals surface area contributed by atoms with E-state index in [0.29, 0.717) is 13.1 Å². The molecule has 0 amide bonds. The molecule has 5 rings (SSSR count). The van der Waals surface area contributed by atoms with Crippen molar-refractivity contribution in [3.05, 3.63) is 82.7 Å². The predicted octanol–water partition coefficient (Wildman–Crippen LogP) is 3.85. The van der Waals surface area contributed by atoms with Crippen molar-refractivity contribution in [2.45, 2.75) is 45.3 Å². The quantitative estimate of drug-likeness (QED) is 0.703. The third-order valence-corrected chi connectivity index (χ3v) is 6.79. The normalized spacial score (nSPS) is 16.8. The number of rotatable bonds is 4. The van der Waals surface area contributed by atoms with E-state index in [0.717, 1.165) is 31.2 Å². The maximum absolute atomic E-state index is 9.52. The van der Waals surface area contributed by atoms with Crippen LogP contribution in [0.4, 0.5) is 11.6 Å². The number of aryl methyl sites for hydroxylation is 1. The van der Waals surface area contributed by atoms with Crippen LogP contribution >= 0.6 is 0 Å². The summed E-state index contributed by atoms with van der Waals surface area (Å²) in [6.07, 6.45) is 2.63. The van der Waals surface area contributed by atoms with Crippen molar-refractivity contribution in [3.63, 3.8) is 0 Å². The fraction of sp³-hybridized carbons (Fsp3) is 0.385. The smallest absolute Gasteiger partial charge is 0.225 e. The topological polar surface area (TPSA) is 52.5 Å². The number of aromatic nitrogens is 2. The molecule has 5 heteroatoms. The van der Waals surface area contributed by atoms with Crippen molar-refractivity contribution >= 4 is 11.6 Å². The van der Waals surface area contributed by atoms with E-state index in [1.807, 2.05) is 11.1 Å². The molecule has 0 atom stereocenters. The molecule has 0 radical (unpaired) electrons. The van der Waals surface area contributed by atoms with Crippen molar-refractivity contribution < 1.29 is 5.11 Å². The van der Waals surface area contributed by atoms with Crippen LogP contribution in [0.15, 0.2) is 54.7 Å². The number of hydrogen-bond donors (Lipinski definition) is 1. The Morgan fingerprint density at radius 1 is 0.935 bits per heavy atom. The first kappa shape index (κ1) is 20.0. The second kappa shape index (κ2) is 7.65. The Balaban J connectivity index is 1.31. The summed E-state index contributed by atoms with van der Waals surface area (Å²) in [6.45, 7) is 9.76. The molecular formula is C26H30N4O. The van der Waals surface area contributed by atoms with Crippen LogP contribution in [0.25, 0.3) is 0 Å². The van der Waals surface area contributed by atoms with E-state index < -0.39 is 0 Å². The van der Waals surface area contributed by atoms with Crippen LogP contribution in [-0.2, 0) is 18.4 Å². The standard InChI is InChI=1S/C26H30N4O/c1-18-4-6-20(7-5-18)26(2,3)21-8-10-22(11-9-21)29-13-12-24-19(15-29)14-27-25(28-24)30-16-23(31)17-30/h4-11,14,23,31H,12-13,15-17H2,1-3H3. The lowest BCUT2D eigenvalue weighted by atomic mass is 9.78. The summed E-state index contributed by atoms with van der Waals surface area (Å²) >= 11 is 0. The maximum atomic E-state index is 9.52. The molecule has 1 fully saturated rings. The van der Waals surface area contributed by atoms with Gasteiger partial charge in [-0.25, -0.2) is 9.97 Å². The largest absolute Gasteiger partial charge is 0.389 e. The van der Waals surface area contributed by atoms with Gasteiger partial charge in [-0.3, -0.25) is 0 Å². The van der Waals surface area contributed by atoms with E-state index in [-0.39, 0.29) is 11.5 Å². The Hall–Kier alpha value is -2.92. The van der Waals surface area contributed by atoms with Gasteiger partial charge < -0.3 is 14.9 Å². The molecule has 5 nitrogen and oxygen atoms in total. The van der Waals surface area contributed by atoms with E-state index >= 15 is 0 Å². The molecular weight excluding hydrogens is 384 g/mol. The summed E-state index contributed by atoms with van der Waals surface area (Å²) < 4.78 is 0. The third kappa shape index (κ3) is 3.79. The molecule has 2 aliphatic rings. The summed E-state index contributed by atoms with van der Waals surface area (Å²) in [5.74, 6) is 0.750. The van der Waals surface area contributed by atoms with Crippen LogP contribution < -0.4 is 9.80 Å². The Kier molecular flexibility index (Phi) is 4.94. The van der Waals surface area contributed by atoms with E-state index in [1.165, 1.54) is 27.9 Å². The summed E-state index contributed by atoms with van der Waals surface area (Å²) in [4.78, 5) is 13.7. The number of fused-ring (bicyclic) bond motifs is 1. The zero-order valence-corrected chi connectivity index (χ0v) is 18.5. The highest BCUT2D eigenvalue weighted by Crippen LogP contribution is 2.33. The Labute approximate surface area is 184 Å². The molecule has 3 aromatic rings. The fourth-order valence-electron chi connectivity index (χ4n) is 4.52. The number of aliphatic hydroxyl groups excluding tert-OH is 1. The molecule has 31 heavy (non-hydrogen) atoms. The second-order valence-corrected chi connectivity index (χ2v) is 9.41. The van der Waals surface area contributed by atoms with Crippen LogP contribution in [0.1, 0.15) is 41.8 Å². The van der Waals surface area contributed by atoms with Gasteiger partial charge in [0.1, 0.15) is 0 Å². The molecule has 0 saturated carbocycles. The van der Waals surface area contributed by atoms with Gasteiger partial charge in [-0.05, 0) is 30.2 Å². The van der Waals surface area contributed by atoms with Gasteiger partial charge in [-0.1, -0.05) is 55.8 Å². The fourth-order valence-corrected chi connectivity index (χ4v) is 4.52. The first-order valence-electron chi connectivity index (χ1n) is 11.1. The summed E-state index contributed by atoms with van der Waals surface area (Å²) in [6, 6.07) is 17.9. The van der Waals surface area contributed by atoms with Gasteiger partial charge in [-0.2, -0.15) is 0 Å². The minimum absolute atomic E-state index is 0.0323. The number of hydrogen-bond acceptors (Lipinski definition) is 5. The predicted molar refractivity (Wildman–Crippen MR) is 125 cm³/mol. The van der Waals surface area contributed by atoms with Gasteiger partial charge in [0.2, 0.25) is 5.95 Å². The third-order valence-electron chi connectivity index (χ3n) is 6.79. The number of β-amino-alcohol motifs (C(OH)–C–C–N with tert-alkyl or cyclic N) is 1. The Morgan fingerprint density at radius 3 is 2.23 bits per heavy atom. The lowest BCUT2D eigenvalue weighted by molar-refractivity contribution is 0.140. The Morgan fingerprint density at radius 2 is 1.58 bits per heavy atom. The highest BCUT2D eigenvalue weighted by Gasteiger charge is 2.28. The van der Waals surface area contributed by atoms with E-state index in [4.69, 9.17) is 4.98 Å². The van der Waals surface area contributed by atoms with Crippen LogP contribution in [0.5, 0.6) is 0 Å². The molecule has 160 valence electrons. The molecule has 3 heterocycles. The lowest BCUT2D eigenvalue weighted by Crippen LogP contribution is -2.51. The number of aliphatic hydroxyl groups is 1. The average Bonchev–Trinajstić information content (AvgIpc) is 2.77. The van der Waals surface area contributed by atoms with E-state index in [2.05, 4.69) is 79.2 Å². The monoisotopic (exact) mass is 414 g/mol. The summed E-state index contributed by atoms with van der Waals surface area (Å²) in [5, 5.41) is 9.52. The van der Waals surface area contributed by atoms with Gasteiger partial charge in [0.05, 0.1) is 11.8 Å². The van der Waals surface area contributed by atoms with Gasteiger partial charge in [0.15, 0.2) is 0 Å². The first-order valence-corrected chi connectivity index (χ1v) is 11.1. The molecule has 1 N–H and O–H groups in total. The van der Waals surface area contributed by atoms with Crippen LogP contribution in [-0.4, -0.2) is 40.8 Å². The second-order valence-electron chi connectivity index (χ2n) is 9.41. The minimum Gasteiger partial charge on any atom is -0.389 e. The molecule has 1 aromatic heterocycles. The number of anilines is 2. The number of benzene rings is 2. The zero-order chi connectivity index (χ0) is 21.6. The maximum Gasteiger partial charge on any atom is 0.225 e. The van der Waals surface area contributed by atoms with Crippen LogP contribution in [0, 0.1) is 6.92 Å². The van der Waals surface area contributed by atoms with Crippen molar-refractivity contribution in [1.82, 2.24) is 9.97 Å². The molecule has 1 saturated heterocycles. The van der Waals surface area contributed by atoms with Gasteiger partial charge >= 0.3 is 0 Å². The SMILES string of the molecule is Cc1ccc(C(C)(C)c2ccc(N3CCc4nc(N5CC(O)C5)ncc4C3)cc2)cc1. The lowest BCUT2D eigenvalue weighted by Gasteiger charge is -2.37. The number of nitrogens with zero attached hydrogens (tertiary/aromatic N) is 4. The highest BCUT2D eigenvalue weighted by atomic mass is 16.3. The molecule has 0 unspecified atom stereocenters. The Bertz CT molecular complexity index is 1070. The summed E-state index contributed by atoms with van der Waals surface area (Å²) in [5.41, 5.74) is 7.49. The minimum atomic E-state index is -0.242. The molecule has 2 aliphatic heterocycles. The van der Waals surface area contributed by atoms with Crippen molar-refractivity contribution in [3.8, 4) is 0 Å². The van der Waals surface area contributed by atoms with E-state index in [9.17, 15) is 5.11 Å². The first-order chi connectivity index (χ1) is 14.9. The van der Waals surface area contributed by atoms with Crippen molar-refractivity contribution in [2.75, 3.05) is 29.4 Å². The van der Waals surface area contributed by atoms with Gasteiger partial charge in [0, 0.05) is 55.5 Å². The highest BCUT2D eigenvalue weighted by molar-refractivity contribution is 5.52. The molecule has 0 spiro atoms. The zero-order valence-electron chi connectivity index (χ0n) is 18.5. The summed E-state index contributed by atoms with van der Waals surface area (Å²) in [7, 11) is 0. The van der Waals surface area contributed by atoms with Gasteiger partial charge in [0.25, 0.3) is 0 Å². The van der Waals surface area contributed by atoms with E-state index in [1.54, 1.807) is 0 Å². The van der Waals surface area contributed by atoms with Crippen LogP contribution in [0.2, 0.25) is 0 Å². The molecule has 2 aromatic carbocycles. The van der Waals surface area contributed by atoms with Crippen molar-refractivity contribution in [1.29, 1.82) is 0 Å².